The molecule has 0 saturated carbocycles. The number of piperidine rings is 1. The van der Waals surface area contributed by atoms with Gasteiger partial charge in [-0.1, -0.05) is 0 Å². The van der Waals surface area contributed by atoms with E-state index in [0.717, 1.165) is 49.2 Å². The number of nitrogens with zero attached hydrogens (tertiary/aromatic N) is 7. The van der Waals surface area contributed by atoms with Gasteiger partial charge < -0.3 is 14.7 Å². The molecule has 0 amide bonds. The third-order valence-corrected chi connectivity index (χ3v) is 4.46. The van der Waals surface area contributed by atoms with Crippen molar-refractivity contribution in [2.24, 2.45) is 0 Å². The molecule has 7 nitrogen and oxygen atoms in total. The minimum atomic E-state index is 0.367. The number of rotatable bonds is 4. The van der Waals surface area contributed by atoms with E-state index in [1.165, 1.54) is 0 Å². The van der Waals surface area contributed by atoms with Crippen LogP contribution in [-0.2, 0) is 0 Å². The minimum absolute atomic E-state index is 0.367. The van der Waals surface area contributed by atoms with E-state index in [2.05, 4.69) is 36.8 Å². The number of hydrogen-bond acceptors (Lipinski definition) is 7. The summed E-state index contributed by atoms with van der Waals surface area (Å²) >= 11 is 0. The van der Waals surface area contributed by atoms with E-state index in [4.69, 9.17) is 0 Å². The summed E-state index contributed by atoms with van der Waals surface area (Å²) in [6, 6.07) is 4.34. The fourth-order valence-corrected chi connectivity index (χ4v) is 3.01. The van der Waals surface area contributed by atoms with Gasteiger partial charge in [0.25, 0.3) is 0 Å². The van der Waals surface area contributed by atoms with E-state index in [9.17, 15) is 0 Å². The molecule has 7 heteroatoms. The predicted octanol–water partition coefficient (Wildman–Crippen LogP) is 1.75. The highest BCUT2D eigenvalue weighted by Gasteiger charge is 2.25. The summed E-state index contributed by atoms with van der Waals surface area (Å²) in [5, 5.41) is 0. The summed E-state index contributed by atoms with van der Waals surface area (Å²) < 4.78 is 0. The van der Waals surface area contributed by atoms with Crippen LogP contribution in [-0.4, -0.2) is 60.2 Å². The Morgan fingerprint density at radius 3 is 2.75 bits per heavy atom. The van der Waals surface area contributed by atoms with Crippen LogP contribution < -0.4 is 14.7 Å². The molecule has 0 radical (unpaired) electrons. The van der Waals surface area contributed by atoms with Gasteiger partial charge in [-0.15, -0.1) is 0 Å². The lowest BCUT2D eigenvalue weighted by molar-refractivity contribution is 0.480. The van der Waals surface area contributed by atoms with Crippen LogP contribution in [0.4, 0.5) is 17.6 Å². The fourth-order valence-electron chi connectivity index (χ4n) is 3.01. The third-order valence-electron chi connectivity index (χ3n) is 4.46. The highest BCUT2D eigenvalue weighted by molar-refractivity contribution is 5.44. The maximum absolute atomic E-state index is 4.66. The normalized spacial score (nSPS) is 17.7. The van der Waals surface area contributed by atoms with Gasteiger partial charge in [0.05, 0.1) is 0 Å². The smallest absolute Gasteiger partial charge is 0.227 e. The summed E-state index contributed by atoms with van der Waals surface area (Å²) in [4.78, 5) is 24.2. The molecule has 1 saturated heterocycles. The number of aryl methyl sites for hydroxylation is 1. The maximum atomic E-state index is 4.66. The zero-order chi connectivity index (χ0) is 17.1. The molecule has 1 fully saturated rings. The van der Waals surface area contributed by atoms with Gasteiger partial charge in [0.1, 0.15) is 18.0 Å². The highest BCUT2D eigenvalue weighted by atomic mass is 15.3. The van der Waals surface area contributed by atoms with E-state index in [0.29, 0.717) is 6.04 Å². The quantitative estimate of drug-likeness (QED) is 0.847. The molecule has 1 unspecified atom stereocenters. The molecule has 0 aromatic carbocycles. The average Bonchev–Trinajstić information content (AvgIpc) is 2.61. The van der Waals surface area contributed by atoms with Gasteiger partial charge in [-0.2, -0.15) is 4.98 Å². The van der Waals surface area contributed by atoms with Crippen LogP contribution in [0.5, 0.6) is 0 Å². The molecule has 24 heavy (non-hydrogen) atoms. The van der Waals surface area contributed by atoms with Gasteiger partial charge in [-0.05, 0) is 25.8 Å². The molecule has 3 rings (SSSR count). The lowest BCUT2D eigenvalue weighted by atomic mass is 10.0. The Kier molecular flexibility index (Phi) is 4.78. The first kappa shape index (κ1) is 16.4. The number of anilines is 3. The van der Waals surface area contributed by atoms with Crippen LogP contribution in [0.25, 0.3) is 0 Å². The average molecular weight is 327 g/mol. The van der Waals surface area contributed by atoms with Crippen LogP contribution in [0, 0.1) is 6.92 Å². The summed E-state index contributed by atoms with van der Waals surface area (Å²) in [5.74, 6) is 2.70. The Hall–Kier alpha value is -2.44. The summed E-state index contributed by atoms with van der Waals surface area (Å²) in [7, 11) is 6.06. The van der Waals surface area contributed by atoms with Gasteiger partial charge in [0, 0.05) is 58.2 Å². The van der Waals surface area contributed by atoms with E-state index < -0.39 is 0 Å². The van der Waals surface area contributed by atoms with Gasteiger partial charge in [0.2, 0.25) is 5.95 Å². The minimum Gasteiger partial charge on any atom is -0.363 e. The lowest BCUT2D eigenvalue weighted by Gasteiger charge is -2.38. The molecule has 128 valence electrons. The van der Waals surface area contributed by atoms with Crippen molar-refractivity contribution in [2.75, 3.05) is 48.9 Å². The highest BCUT2D eigenvalue weighted by Crippen LogP contribution is 2.23. The Balaban J connectivity index is 1.75. The second-order valence-corrected chi connectivity index (χ2v) is 6.48. The van der Waals surface area contributed by atoms with Crippen LogP contribution in [0.1, 0.15) is 18.5 Å². The van der Waals surface area contributed by atoms with Crippen molar-refractivity contribution in [3.05, 3.63) is 30.4 Å². The molecular weight excluding hydrogens is 302 g/mol. The van der Waals surface area contributed by atoms with Crippen LogP contribution >= 0.6 is 0 Å². The number of aromatic nitrogens is 4. The molecule has 0 N–H and O–H groups in total. The van der Waals surface area contributed by atoms with Crippen molar-refractivity contribution < 1.29 is 0 Å². The van der Waals surface area contributed by atoms with Crippen molar-refractivity contribution >= 4 is 17.6 Å². The first-order valence-electron chi connectivity index (χ1n) is 8.31. The van der Waals surface area contributed by atoms with Gasteiger partial charge in [0.15, 0.2) is 0 Å². The standard InChI is InChI=1S/C17H25N7/c1-13-10-16(20-12-19-13)24-9-5-6-14(11-24)23(4)17-18-8-7-15(21-17)22(2)3/h7-8,10,12,14H,5-6,9,11H2,1-4H3. The van der Waals surface area contributed by atoms with E-state index >= 15 is 0 Å². The second kappa shape index (κ2) is 6.98. The lowest BCUT2D eigenvalue weighted by Crippen LogP contribution is -2.47. The Morgan fingerprint density at radius 2 is 2.00 bits per heavy atom. The molecule has 0 aliphatic carbocycles. The SMILES string of the molecule is Cc1cc(N2CCCC(N(C)c3nccc(N(C)C)n3)C2)ncn1. The molecular formula is C17H25N7. The van der Waals surface area contributed by atoms with Crippen LogP contribution in [0.15, 0.2) is 24.7 Å². The zero-order valence-electron chi connectivity index (χ0n) is 14.8. The zero-order valence-corrected chi connectivity index (χ0v) is 14.8. The molecule has 1 aliphatic rings. The summed E-state index contributed by atoms with van der Waals surface area (Å²) in [5.41, 5.74) is 0.998. The van der Waals surface area contributed by atoms with Gasteiger partial charge >= 0.3 is 0 Å². The molecule has 3 heterocycles. The van der Waals surface area contributed by atoms with E-state index in [1.807, 2.05) is 44.2 Å². The first-order valence-corrected chi connectivity index (χ1v) is 8.31. The monoisotopic (exact) mass is 327 g/mol. The third kappa shape index (κ3) is 3.55. The van der Waals surface area contributed by atoms with Gasteiger partial charge in [-0.25, -0.2) is 15.0 Å². The molecule has 2 aromatic rings. The van der Waals surface area contributed by atoms with Crippen molar-refractivity contribution in [1.82, 2.24) is 19.9 Å². The molecule has 2 aromatic heterocycles. The molecule has 1 aliphatic heterocycles. The second-order valence-electron chi connectivity index (χ2n) is 6.48. The van der Waals surface area contributed by atoms with Crippen molar-refractivity contribution in [3.8, 4) is 0 Å². The van der Waals surface area contributed by atoms with E-state index in [1.54, 1.807) is 6.33 Å². The predicted molar refractivity (Wildman–Crippen MR) is 96.8 cm³/mol. The van der Waals surface area contributed by atoms with Crippen LogP contribution in [0.3, 0.4) is 0 Å². The van der Waals surface area contributed by atoms with Crippen molar-refractivity contribution in [3.63, 3.8) is 0 Å². The molecule has 1 atom stereocenters. The Labute approximate surface area is 143 Å². The Morgan fingerprint density at radius 1 is 1.17 bits per heavy atom. The van der Waals surface area contributed by atoms with Crippen LogP contribution in [0.2, 0.25) is 0 Å². The van der Waals surface area contributed by atoms with Crippen molar-refractivity contribution in [1.29, 1.82) is 0 Å². The largest absolute Gasteiger partial charge is 0.363 e. The number of hydrogen-bond donors (Lipinski definition) is 0. The number of likely N-dealkylation sites (N-methyl/N-ethyl adjacent to an activating group) is 1. The topological polar surface area (TPSA) is 61.3 Å². The first-order chi connectivity index (χ1) is 11.5. The maximum Gasteiger partial charge on any atom is 0.227 e. The molecule has 0 spiro atoms. The van der Waals surface area contributed by atoms with Gasteiger partial charge in [-0.3, -0.25) is 0 Å². The van der Waals surface area contributed by atoms with E-state index in [-0.39, 0.29) is 0 Å². The van der Waals surface area contributed by atoms with Crippen molar-refractivity contribution in [2.45, 2.75) is 25.8 Å². The molecule has 0 bridgehead atoms. The Bertz CT molecular complexity index is 688. The summed E-state index contributed by atoms with van der Waals surface area (Å²) in [6.07, 6.45) is 5.72. The fraction of sp³-hybridized carbons (Fsp3) is 0.529. The summed E-state index contributed by atoms with van der Waals surface area (Å²) in [6.45, 7) is 3.95.